The van der Waals surface area contributed by atoms with Crippen LogP contribution in [0.4, 0.5) is 0 Å². The van der Waals surface area contributed by atoms with E-state index in [4.69, 9.17) is 16.1 Å². The van der Waals surface area contributed by atoms with Crippen LogP contribution in [0.15, 0.2) is 10.6 Å². The molecule has 0 aromatic carbocycles. The predicted octanol–water partition coefficient (Wildman–Crippen LogP) is 1.65. The number of nitrogens with zero attached hydrogens (tertiary/aromatic N) is 1. The summed E-state index contributed by atoms with van der Waals surface area (Å²) in [6.07, 6.45) is 0. The van der Waals surface area contributed by atoms with E-state index in [1.807, 2.05) is 19.9 Å². The second kappa shape index (κ2) is 5.00. The average molecular weight is 217 g/mol. The van der Waals surface area contributed by atoms with Crippen LogP contribution in [-0.4, -0.2) is 16.9 Å². The topological polar surface area (TPSA) is 55.1 Å². The first-order chi connectivity index (χ1) is 6.63. The first-order valence-electron chi connectivity index (χ1n) is 4.41. The fraction of sp³-hybridized carbons (Fsp3) is 0.556. The van der Waals surface area contributed by atoms with Gasteiger partial charge in [0.05, 0.1) is 12.2 Å². The number of nitrogens with one attached hydrogen (secondary N) is 1. The normalized spacial score (nSPS) is 10.6. The number of hydrogen-bond acceptors (Lipinski definition) is 3. The zero-order valence-electron chi connectivity index (χ0n) is 8.21. The summed E-state index contributed by atoms with van der Waals surface area (Å²) in [4.78, 5) is 10.8. The van der Waals surface area contributed by atoms with E-state index in [2.05, 4.69) is 10.5 Å². The van der Waals surface area contributed by atoms with Crippen LogP contribution in [0.25, 0.3) is 0 Å². The van der Waals surface area contributed by atoms with Crippen molar-refractivity contribution < 1.29 is 9.32 Å². The number of carbonyl (C=O) groups excluding carboxylic acids is 1. The van der Waals surface area contributed by atoms with E-state index < -0.39 is 0 Å². The maximum absolute atomic E-state index is 10.8. The monoisotopic (exact) mass is 216 g/mol. The molecule has 0 aliphatic carbocycles. The summed E-state index contributed by atoms with van der Waals surface area (Å²) >= 11 is 5.32. The van der Waals surface area contributed by atoms with Crippen LogP contribution in [-0.2, 0) is 11.3 Å². The van der Waals surface area contributed by atoms with E-state index >= 15 is 0 Å². The standard InChI is InChI=1S/C9H13ClN2O2/c1-6(2)8-3-7(14-12-8)5-11-9(13)4-10/h3,6H,4-5H2,1-2H3,(H,11,13). The Morgan fingerprint density at radius 2 is 2.43 bits per heavy atom. The SMILES string of the molecule is CC(C)c1cc(CNC(=O)CCl)on1. The van der Waals surface area contributed by atoms with Gasteiger partial charge in [-0.3, -0.25) is 4.79 Å². The van der Waals surface area contributed by atoms with Gasteiger partial charge < -0.3 is 9.84 Å². The highest BCUT2D eigenvalue weighted by Crippen LogP contribution is 2.13. The Kier molecular flexibility index (Phi) is 3.95. The van der Waals surface area contributed by atoms with Crippen molar-refractivity contribution in [1.29, 1.82) is 0 Å². The van der Waals surface area contributed by atoms with Gasteiger partial charge in [0.1, 0.15) is 5.88 Å². The fourth-order valence-corrected chi connectivity index (χ4v) is 1.01. The molecule has 1 aromatic rings. The molecule has 78 valence electrons. The second-order valence-electron chi connectivity index (χ2n) is 3.28. The summed E-state index contributed by atoms with van der Waals surface area (Å²) in [7, 11) is 0. The highest BCUT2D eigenvalue weighted by molar-refractivity contribution is 6.27. The first kappa shape index (κ1) is 11.0. The number of carbonyl (C=O) groups is 1. The molecule has 0 aliphatic heterocycles. The zero-order valence-corrected chi connectivity index (χ0v) is 8.97. The number of rotatable bonds is 4. The highest BCUT2D eigenvalue weighted by Gasteiger charge is 2.08. The van der Waals surface area contributed by atoms with Crippen molar-refractivity contribution in [1.82, 2.24) is 10.5 Å². The average Bonchev–Trinajstić information content (AvgIpc) is 2.62. The molecule has 0 unspecified atom stereocenters. The van der Waals surface area contributed by atoms with Gasteiger partial charge in [-0.25, -0.2) is 0 Å². The maximum Gasteiger partial charge on any atom is 0.235 e. The summed E-state index contributed by atoms with van der Waals surface area (Å²) in [6, 6.07) is 1.83. The van der Waals surface area contributed by atoms with E-state index in [0.717, 1.165) is 5.69 Å². The minimum Gasteiger partial charge on any atom is -0.359 e. The molecule has 5 heteroatoms. The molecule has 0 radical (unpaired) electrons. The van der Waals surface area contributed by atoms with E-state index in [0.29, 0.717) is 18.2 Å². The van der Waals surface area contributed by atoms with Crippen molar-refractivity contribution in [2.45, 2.75) is 26.3 Å². The Bertz CT molecular complexity index is 310. The Labute approximate surface area is 87.6 Å². The molecule has 1 rings (SSSR count). The van der Waals surface area contributed by atoms with Gasteiger partial charge in [-0.05, 0) is 5.92 Å². The Morgan fingerprint density at radius 3 is 2.93 bits per heavy atom. The van der Waals surface area contributed by atoms with E-state index in [-0.39, 0.29) is 11.8 Å². The summed E-state index contributed by atoms with van der Waals surface area (Å²) in [5.74, 6) is 0.725. The second-order valence-corrected chi connectivity index (χ2v) is 3.55. The number of aromatic nitrogens is 1. The molecule has 0 atom stereocenters. The molecule has 1 aromatic heterocycles. The van der Waals surface area contributed by atoms with Gasteiger partial charge in [0.25, 0.3) is 0 Å². The van der Waals surface area contributed by atoms with Crippen LogP contribution in [0.5, 0.6) is 0 Å². The summed E-state index contributed by atoms with van der Waals surface area (Å²) in [5.41, 5.74) is 0.889. The highest BCUT2D eigenvalue weighted by atomic mass is 35.5. The van der Waals surface area contributed by atoms with Crippen molar-refractivity contribution in [2.24, 2.45) is 0 Å². The lowest BCUT2D eigenvalue weighted by Gasteiger charge is -1.97. The quantitative estimate of drug-likeness (QED) is 0.779. The number of halogens is 1. The molecule has 0 bridgehead atoms. The predicted molar refractivity (Wildman–Crippen MR) is 53.2 cm³/mol. The van der Waals surface area contributed by atoms with Crippen molar-refractivity contribution >= 4 is 17.5 Å². The Balaban J connectivity index is 2.48. The van der Waals surface area contributed by atoms with Gasteiger partial charge in [0, 0.05) is 6.07 Å². The Morgan fingerprint density at radius 1 is 1.71 bits per heavy atom. The van der Waals surface area contributed by atoms with E-state index in [9.17, 15) is 4.79 Å². The smallest absolute Gasteiger partial charge is 0.235 e. The molecule has 0 saturated heterocycles. The lowest BCUT2D eigenvalue weighted by atomic mass is 10.1. The number of alkyl halides is 1. The molecule has 4 nitrogen and oxygen atoms in total. The van der Waals surface area contributed by atoms with Gasteiger partial charge in [-0.15, -0.1) is 11.6 Å². The molecule has 0 aliphatic rings. The lowest BCUT2D eigenvalue weighted by Crippen LogP contribution is -2.23. The zero-order chi connectivity index (χ0) is 10.6. The van der Waals surface area contributed by atoms with Crippen molar-refractivity contribution in [2.75, 3.05) is 5.88 Å². The van der Waals surface area contributed by atoms with E-state index in [1.54, 1.807) is 0 Å². The third kappa shape index (κ3) is 3.03. The van der Waals surface area contributed by atoms with Crippen LogP contribution >= 0.6 is 11.6 Å². The van der Waals surface area contributed by atoms with Gasteiger partial charge in [0.2, 0.25) is 5.91 Å². The molecule has 0 fully saturated rings. The molecule has 1 heterocycles. The van der Waals surface area contributed by atoms with Crippen molar-refractivity contribution in [3.05, 3.63) is 17.5 Å². The van der Waals surface area contributed by atoms with Crippen LogP contribution in [0, 0.1) is 0 Å². The van der Waals surface area contributed by atoms with Crippen LogP contribution < -0.4 is 5.32 Å². The van der Waals surface area contributed by atoms with Gasteiger partial charge >= 0.3 is 0 Å². The molecule has 0 saturated carbocycles. The molecule has 0 spiro atoms. The summed E-state index contributed by atoms with van der Waals surface area (Å²) < 4.78 is 5.01. The maximum atomic E-state index is 10.8. The van der Waals surface area contributed by atoms with Crippen LogP contribution in [0.1, 0.15) is 31.2 Å². The third-order valence-corrected chi connectivity index (χ3v) is 1.99. The first-order valence-corrected chi connectivity index (χ1v) is 4.95. The fourth-order valence-electron chi connectivity index (χ4n) is 0.917. The largest absolute Gasteiger partial charge is 0.359 e. The van der Waals surface area contributed by atoms with Crippen molar-refractivity contribution in [3.63, 3.8) is 0 Å². The number of amides is 1. The minimum absolute atomic E-state index is 0.0365. The van der Waals surface area contributed by atoms with Gasteiger partial charge in [-0.1, -0.05) is 19.0 Å². The van der Waals surface area contributed by atoms with E-state index in [1.165, 1.54) is 0 Å². The molecular weight excluding hydrogens is 204 g/mol. The number of hydrogen-bond donors (Lipinski definition) is 1. The summed E-state index contributed by atoms with van der Waals surface area (Å²) in [5, 5.41) is 6.46. The lowest BCUT2D eigenvalue weighted by molar-refractivity contribution is -0.118. The Hall–Kier alpha value is -1.03. The molecule has 14 heavy (non-hydrogen) atoms. The third-order valence-electron chi connectivity index (χ3n) is 1.75. The van der Waals surface area contributed by atoms with Crippen molar-refractivity contribution in [3.8, 4) is 0 Å². The van der Waals surface area contributed by atoms with Crippen LogP contribution in [0.2, 0.25) is 0 Å². The minimum atomic E-state index is -0.214. The molecule has 1 amide bonds. The van der Waals surface area contributed by atoms with Gasteiger partial charge in [-0.2, -0.15) is 0 Å². The molecular formula is C9H13ClN2O2. The van der Waals surface area contributed by atoms with Crippen LogP contribution in [0.3, 0.4) is 0 Å². The van der Waals surface area contributed by atoms with Gasteiger partial charge in [0.15, 0.2) is 5.76 Å². The molecule has 1 N–H and O–H groups in total. The summed E-state index contributed by atoms with van der Waals surface area (Å²) in [6.45, 7) is 4.39.